The molecule has 2 N–H and O–H groups in total. The highest BCUT2D eigenvalue weighted by Crippen LogP contribution is 2.51. The summed E-state index contributed by atoms with van der Waals surface area (Å²) in [4.78, 5) is 31.7. The first-order chi connectivity index (χ1) is 11.9. The van der Waals surface area contributed by atoms with Crippen molar-refractivity contribution in [2.24, 2.45) is 11.8 Å². The van der Waals surface area contributed by atoms with E-state index in [0.29, 0.717) is 5.57 Å². The average molecular weight is 379 g/mol. The van der Waals surface area contributed by atoms with Gasteiger partial charge in [0.15, 0.2) is 0 Å². The monoisotopic (exact) mass is 379 g/mol. The van der Waals surface area contributed by atoms with Gasteiger partial charge in [-0.3, -0.25) is 9.20 Å². The predicted octanol–water partition coefficient (Wildman–Crippen LogP) is 1.77. The van der Waals surface area contributed by atoms with Gasteiger partial charge in [0, 0.05) is 17.7 Å². The van der Waals surface area contributed by atoms with Gasteiger partial charge in [-0.1, -0.05) is 6.92 Å². The third kappa shape index (κ3) is 2.12. The molecule has 2 aliphatic heterocycles. The summed E-state index contributed by atoms with van der Waals surface area (Å²) < 4.78 is 1.88. The molecule has 0 radical (unpaired) electrons. The Morgan fingerprint density at radius 2 is 2.20 bits per heavy atom. The van der Waals surface area contributed by atoms with E-state index in [-0.39, 0.29) is 23.6 Å². The number of thiazole rings is 1. The zero-order valence-electron chi connectivity index (χ0n) is 13.8. The number of aliphatic hydroxyl groups excluding tert-OH is 1. The second kappa shape index (κ2) is 5.58. The Morgan fingerprint density at radius 3 is 2.80 bits per heavy atom. The molecule has 2 aliphatic rings. The quantitative estimate of drug-likeness (QED) is 0.621. The zero-order chi connectivity index (χ0) is 18.0. The number of hydrogen-bond acceptors (Lipinski definition) is 6. The number of carbonyl (C=O) groups is 2. The number of imidazole rings is 1. The number of carbonyl (C=O) groups excluding carboxylic acids is 1. The van der Waals surface area contributed by atoms with E-state index in [1.54, 1.807) is 13.3 Å². The molecule has 1 fully saturated rings. The highest BCUT2D eigenvalue weighted by atomic mass is 32.2. The van der Waals surface area contributed by atoms with Crippen molar-refractivity contribution >= 4 is 45.4 Å². The Bertz CT molecular complexity index is 929. The van der Waals surface area contributed by atoms with Crippen LogP contribution in [-0.2, 0) is 9.59 Å². The first kappa shape index (κ1) is 16.6. The molecule has 25 heavy (non-hydrogen) atoms. The maximum atomic E-state index is 12.4. The molecule has 7 nitrogen and oxygen atoms in total. The topological polar surface area (TPSA) is 95.1 Å². The lowest BCUT2D eigenvalue weighted by atomic mass is 9.77. The molecule has 0 aliphatic carbocycles. The summed E-state index contributed by atoms with van der Waals surface area (Å²) in [7, 11) is 0. The zero-order valence-corrected chi connectivity index (χ0v) is 15.5. The number of carboxylic acid groups (broad SMARTS) is 1. The molecular formula is C16H17N3O4S2. The molecule has 132 valence electrons. The molecule has 0 saturated carbocycles. The van der Waals surface area contributed by atoms with Crippen molar-refractivity contribution in [2.45, 2.75) is 31.0 Å². The van der Waals surface area contributed by atoms with Gasteiger partial charge in [-0.05, 0) is 13.2 Å². The number of thioether (sulfide) groups is 1. The number of aliphatic hydroxyl groups is 1. The summed E-state index contributed by atoms with van der Waals surface area (Å²) in [6.07, 6.45) is 4.73. The first-order valence-electron chi connectivity index (χ1n) is 7.86. The van der Waals surface area contributed by atoms with Crippen molar-refractivity contribution < 1.29 is 19.8 Å². The fourth-order valence-corrected chi connectivity index (χ4v) is 5.86. The van der Waals surface area contributed by atoms with Crippen LogP contribution in [0, 0.1) is 11.8 Å². The number of hydrogen-bond donors (Lipinski definition) is 2. The maximum absolute atomic E-state index is 12.4. The van der Waals surface area contributed by atoms with Gasteiger partial charge in [0.05, 0.1) is 22.9 Å². The Morgan fingerprint density at radius 1 is 1.48 bits per heavy atom. The molecule has 4 heterocycles. The van der Waals surface area contributed by atoms with Crippen LogP contribution in [0.4, 0.5) is 0 Å². The van der Waals surface area contributed by atoms with Crippen molar-refractivity contribution in [3.8, 4) is 0 Å². The summed E-state index contributed by atoms with van der Waals surface area (Å²) in [5.74, 6) is -2.12. The Kier molecular flexibility index (Phi) is 3.71. The van der Waals surface area contributed by atoms with Crippen LogP contribution in [0.25, 0.3) is 10.4 Å². The second-order valence-corrected chi connectivity index (χ2v) is 8.21. The number of nitrogens with zero attached hydrogens (tertiary/aromatic N) is 3. The molecule has 2 aromatic rings. The number of β-lactam (4-membered cyclic amide) rings is 1. The summed E-state index contributed by atoms with van der Waals surface area (Å²) in [5.41, 5.74) is 0.706. The van der Waals surface area contributed by atoms with Gasteiger partial charge in [0.25, 0.3) is 0 Å². The fourth-order valence-electron chi connectivity index (χ4n) is 3.94. The lowest BCUT2D eigenvalue weighted by molar-refractivity contribution is -0.163. The van der Waals surface area contributed by atoms with E-state index in [9.17, 15) is 19.8 Å². The smallest absolute Gasteiger partial charge is 0.352 e. The van der Waals surface area contributed by atoms with Gasteiger partial charge in [-0.25, -0.2) is 9.78 Å². The molecule has 2 aromatic heterocycles. The highest BCUT2D eigenvalue weighted by Gasteiger charge is 2.60. The fraction of sp³-hybridized carbons (Fsp3) is 0.438. The number of amides is 1. The molecule has 0 aromatic carbocycles. The van der Waals surface area contributed by atoms with E-state index in [1.807, 2.05) is 23.8 Å². The van der Waals surface area contributed by atoms with Gasteiger partial charge in [-0.2, -0.15) is 0 Å². The second-order valence-electron chi connectivity index (χ2n) is 6.38. The van der Waals surface area contributed by atoms with E-state index < -0.39 is 18.0 Å². The minimum atomic E-state index is -1.11. The molecule has 1 amide bonds. The van der Waals surface area contributed by atoms with Crippen molar-refractivity contribution in [1.82, 2.24) is 14.3 Å². The Balaban J connectivity index is 1.85. The van der Waals surface area contributed by atoms with Crippen molar-refractivity contribution in [1.29, 1.82) is 0 Å². The minimum Gasteiger partial charge on any atom is -0.477 e. The first-order valence-corrected chi connectivity index (χ1v) is 9.90. The van der Waals surface area contributed by atoms with Gasteiger partial charge in [0.1, 0.15) is 21.9 Å². The molecule has 0 spiro atoms. The average Bonchev–Trinajstić information content (AvgIpc) is 3.16. The summed E-state index contributed by atoms with van der Waals surface area (Å²) in [6, 6.07) is -0.298. The van der Waals surface area contributed by atoms with E-state index in [1.165, 1.54) is 28.0 Å². The van der Waals surface area contributed by atoms with Crippen LogP contribution < -0.4 is 0 Å². The molecule has 4 rings (SSSR count). The number of fused-ring (bicyclic) bond motifs is 2. The van der Waals surface area contributed by atoms with Crippen LogP contribution in [0.2, 0.25) is 0 Å². The van der Waals surface area contributed by atoms with Crippen LogP contribution in [0.3, 0.4) is 0 Å². The minimum absolute atomic E-state index is 0.0440. The van der Waals surface area contributed by atoms with Crippen molar-refractivity contribution in [3.63, 3.8) is 0 Å². The van der Waals surface area contributed by atoms with Gasteiger partial charge in [-0.15, -0.1) is 23.1 Å². The number of rotatable bonds is 4. The molecule has 9 heteroatoms. The highest BCUT2D eigenvalue weighted by molar-refractivity contribution is 7.98. The normalized spacial score (nSPS) is 27.0. The van der Waals surface area contributed by atoms with Crippen molar-refractivity contribution in [2.75, 3.05) is 6.26 Å². The van der Waals surface area contributed by atoms with E-state index in [2.05, 4.69) is 4.98 Å². The molecule has 0 bridgehead atoms. The summed E-state index contributed by atoms with van der Waals surface area (Å²) >= 11 is 3.01. The SMILES string of the molecule is CSc1ncn2cc(C3=C(C(=O)O)N4C(=O)[C@H]([C@@H](C)O)[C@@H]4C3C)sc12. The van der Waals surface area contributed by atoms with Gasteiger partial charge >= 0.3 is 5.97 Å². The van der Waals surface area contributed by atoms with Crippen LogP contribution in [0.1, 0.15) is 18.7 Å². The Labute approximate surface area is 152 Å². The van der Waals surface area contributed by atoms with E-state index >= 15 is 0 Å². The largest absolute Gasteiger partial charge is 0.477 e. The van der Waals surface area contributed by atoms with Crippen LogP contribution in [0.5, 0.6) is 0 Å². The maximum Gasteiger partial charge on any atom is 0.352 e. The predicted molar refractivity (Wildman–Crippen MR) is 94.4 cm³/mol. The third-order valence-corrected chi connectivity index (χ3v) is 6.97. The summed E-state index contributed by atoms with van der Waals surface area (Å²) in [5, 5.41) is 20.5. The third-order valence-electron chi connectivity index (χ3n) is 5.01. The van der Waals surface area contributed by atoms with Crippen LogP contribution in [-0.4, -0.2) is 54.8 Å². The number of carboxylic acids is 1. The molecule has 4 atom stereocenters. The lowest BCUT2D eigenvalue weighted by Crippen LogP contribution is -2.63. The standard InChI is InChI=1S/C16H17N3O4S2/c1-6-9(8-4-18-5-17-13(24-3)15(18)25-8)12(16(22)23)19-11(6)10(7(2)20)14(19)21/h4-7,10-11,20H,1-3H3,(H,22,23)/t6?,7-,10-,11+/m1/s1. The van der Waals surface area contributed by atoms with E-state index in [0.717, 1.165) is 14.7 Å². The number of aliphatic carboxylic acids is 1. The molecular weight excluding hydrogens is 362 g/mol. The Hall–Kier alpha value is -1.84. The van der Waals surface area contributed by atoms with Crippen LogP contribution in [0.15, 0.2) is 23.2 Å². The van der Waals surface area contributed by atoms with Crippen molar-refractivity contribution in [3.05, 3.63) is 23.1 Å². The van der Waals surface area contributed by atoms with E-state index in [4.69, 9.17) is 0 Å². The summed E-state index contributed by atoms with van der Waals surface area (Å²) in [6.45, 7) is 3.50. The lowest BCUT2D eigenvalue weighted by Gasteiger charge is -2.46. The van der Waals surface area contributed by atoms with Crippen LogP contribution >= 0.6 is 23.1 Å². The number of aromatic nitrogens is 2. The molecule has 1 saturated heterocycles. The van der Waals surface area contributed by atoms with Gasteiger partial charge in [0.2, 0.25) is 5.91 Å². The van der Waals surface area contributed by atoms with Gasteiger partial charge < -0.3 is 15.1 Å². The molecule has 1 unspecified atom stereocenters.